The van der Waals surface area contributed by atoms with Crippen LogP contribution in [-0.4, -0.2) is 25.8 Å². The van der Waals surface area contributed by atoms with Gasteiger partial charge in [0.2, 0.25) is 0 Å². The molecule has 0 aromatic heterocycles. The fraction of sp³-hybridized carbons (Fsp3) is 0.615. The number of esters is 1. The standard InChI is InChI=1S/C13H20O3/c1-3-15-8-9-16-13(14)11(2)10-12-6-4-5-7-12/h6,10H,3-5,7-9H2,1-2H3. The van der Waals surface area contributed by atoms with E-state index < -0.39 is 0 Å². The van der Waals surface area contributed by atoms with Gasteiger partial charge in [-0.3, -0.25) is 0 Å². The molecule has 0 aromatic rings. The minimum absolute atomic E-state index is 0.243. The second-order valence-corrected chi connectivity index (χ2v) is 3.83. The fourth-order valence-electron chi connectivity index (χ4n) is 1.62. The van der Waals surface area contributed by atoms with Gasteiger partial charge in [-0.25, -0.2) is 4.79 Å². The first-order valence-corrected chi connectivity index (χ1v) is 5.86. The van der Waals surface area contributed by atoms with Crippen LogP contribution in [0, 0.1) is 0 Å². The van der Waals surface area contributed by atoms with E-state index in [0.29, 0.717) is 25.4 Å². The van der Waals surface area contributed by atoms with Gasteiger partial charge in [0.25, 0.3) is 0 Å². The summed E-state index contributed by atoms with van der Waals surface area (Å²) in [5, 5.41) is 0. The molecule has 0 spiro atoms. The van der Waals surface area contributed by atoms with Crippen LogP contribution in [0.5, 0.6) is 0 Å². The molecule has 0 radical (unpaired) electrons. The van der Waals surface area contributed by atoms with Crippen molar-refractivity contribution in [2.24, 2.45) is 0 Å². The summed E-state index contributed by atoms with van der Waals surface area (Å²) in [6.45, 7) is 5.16. The number of hydrogen-bond donors (Lipinski definition) is 0. The normalized spacial score (nSPS) is 16.1. The Morgan fingerprint density at radius 1 is 1.50 bits per heavy atom. The number of hydrogen-bond acceptors (Lipinski definition) is 3. The van der Waals surface area contributed by atoms with Crippen LogP contribution < -0.4 is 0 Å². The highest BCUT2D eigenvalue weighted by molar-refractivity contribution is 5.88. The van der Waals surface area contributed by atoms with E-state index >= 15 is 0 Å². The summed E-state index contributed by atoms with van der Waals surface area (Å²) in [4.78, 5) is 11.5. The molecule has 0 atom stereocenters. The maximum absolute atomic E-state index is 11.5. The van der Waals surface area contributed by atoms with Gasteiger partial charge < -0.3 is 9.47 Å². The summed E-state index contributed by atoms with van der Waals surface area (Å²) in [5.74, 6) is -0.243. The first kappa shape index (κ1) is 13.0. The van der Waals surface area contributed by atoms with Gasteiger partial charge in [-0.05, 0) is 39.2 Å². The minimum atomic E-state index is -0.243. The highest BCUT2D eigenvalue weighted by Gasteiger charge is 2.08. The Morgan fingerprint density at radius 3 is 2.94 bits per heavy atom. The van der Waals surface area contributed by atoms with Crippen molar-refractivity contribution in [1.82, 2.24) is 0 Å². The summed E-state index contributed by atoms with van der Waals surface area (Å²) in [5.41, 5.74) is 1.92. The molecule has 0 saturated carbocycles. The monoisotopic (exact) mass is 224 g/mol. The Labute approximate surface area is 97.1 Å². The smallest absolute Gasteiger partial charge is 0.333 e. The molecule has 0 bridgehead atoms. The van der Waals surface area contributed by atoms with Crippen molar-refractivity contribution >= 4 is 5.97 Å². The van der Waals surface area contributed by atoms with Crippen LogP contribution >= 0.6 is 0 Å². The summed E-state index contributed by atoms with van der Waals surface area (Å²) in [6, 6.07) is 0. The lowest BCUT2D eigenvalue weighted by atomic mass is 10.1. The lowest BCUT2D eigenvalue weighted by molar-refractivity contribution is -0.140. The number of carbonyl (C=O) groups is 1. The number of allylic oxidation sites excluding steroid dienone is 3. The van der Waals surface area contributed by atoms with Gasteiger partial charge in [0.1, 0.15) is 6.61 Å². The molecule has 0 N–H and O–H groups in total. The Bertz CT molecular complexity index is 290. The van der Waals surface area contributed by atoms with Gasteiger partial charge in [-0.2, -0.15) is 0 Å². The molecular formula is C13H20O3. The van der Waals surface area contributed by atoms with E-state index in [1.807, 2.05) is 13.0 Å². The van der Waals surface area contributed by atoms with Crippen molar-refractivity contribution in [3.63, 3.8) is 0 Å². The van der Waals surface area contributed by atoms with Crippen LogP contribution in [-0.2, 0) is 14.3 Å². The van der Waals surface area contributed by atoms with Gasteiger partial charge in [-0.1, -0.05) is 11.6 Å². The number of carbonyl (C=O) groups excluding carboxylic acids is 1. The van der Waals surface area contributed by atoms with Gasteiger partial charge >= 0.3 is 5.97 Å². The van der Waals surface area contributed by atoms with E-state index in [4.69, 9.17) is 9.47 Å². The van der Waals surface area contributed by atoms with Crippen molar-refractivity contribution < 1.29 is 14.3 Å². The van der Waals surface area contributed by atoms with E-state index in [-0.39, 0.29) is 5.97 Å². The van der Waals surface area contributed by atoms with E-state index in [2.05, 4.69) is 6.08 Å². The molecule has 0 saturated heterocycles. The van der Waals surface area contributed by atoms with Crippen molar-refractivity contribution in [2.45, 2.75) is 33.1 Å². The van der Waals surface area contributed by atoms with Crippen molar-refractivity contribution in [3.8, 4) is 0 Å². The van der Waals surface area contributed by atoms with Gasteiger partial charge in [0.05, 0.1) is 6.61 Å². The predicted octanol–water partition coefficient (Wildman–Crippen LogP) is 2.62. The molecule has 1 aliphatic carbocycles. The summed E-state index contributed by atoms with van der Waals surface area (Å²) >= 11 is 0. The molecule has 1 aliphatic rings. The first-order chi connectivity index (χ1) is 7.74. The SMILES string of the molecule is CCOCCOC(=O)C(C)=CC1=CCCC1. The van der Waals surface area contributed by atoms with Crippen LogP contribution in [0.15, 0.2) is 23.3 Å². The van der Waals surface area contributed by atoms with Crippen LogP contribution in [0.25, 0.3) is 0 Å². The summed E-state index contributed by atoms with van der Waals surface area (Å²) in [7, 11) is 0. The maximum Gasteiger partial charge on any atom is 0.333 e. The highest BCUT2D eigenvalue weighted by atomic mass is 16.6. The lowest BCUT2D eigenvalue weighted by Gasteiger charge is -2.05. The summed E-state index contributed by atoms with van der Waals surface area (Å²) < 4.78 is 10.1. The van der Waals surface area contributed by atoms with E-state index in [9.17, 15) is 4.79 Å². The van der Waals surface area contributed by atoms with Crippen molar-refractivity contribution in [2.75, 3.05) is 19.8 Å². The average molecular weight is 224 g/mol. The quantitative estimate of drug-likeness (QED) is 0.395. The second-order valence-electron chi connectivity index (χ2n) is 3.83. The van der Waals surface area contributed by atoms with Crippen molar-refractivity contribution in [1.29, 1.82) is 0 Å². The Hall–Kier alpha value is -1.09. The third-order valence-corrected chi connectivity index (χ3v) is 2.46. The second kappa shape index (κ2) is 7.23. The molecule has 16 heavy (non-hydrogen) atoms. The molecule has 0 heterocycles. The third-order valence-electron chi connectivity index (χ3n) is 2.46. The summed E-state index contributed by atoms with van der Waals surface area (Å²) in [6.07, 6.45) is 7.49. The zero-order valence-corrected chi connectivity index (χ0v) is 10.1. The largest absolute Gasteiger partial charge is 0.460 e. The average Bonchev–Trinajstić information content (AvgIpc) is 2.76. The molecule has 0 fully saturated rings. The molecule has 0 amide bonds. The number of rotatable bonds is 6. The molecule has 3 nitrogen and oxygen atoms in total. The van der Waals surface area contributed by atoms with E-state index in [1.165, 1.54) is 12.0 Å². The molecule has 1 rings (SSSR count). The molecule has 90 valence electrons. The Kier molecular flexibility index (Phi) is 5.86. The van der Waals surface area contributed by atoms with Crippen molar-refractivity contribution in [3.05, 3.63) is 23.3 Å². The first-order valence-electron chi connectivity index (χ1n) is 5.86. The third kappa shape index (κ3) is 4.62. The fourth-order valence-corrected chi connectivity index (χ4v) is 1.62. The highest BCUT2D eigenvalue weighted by Crippen LogP contribution is 2.20. The van der Waals surface area contributed by atoms with Gasteiger partial charge in [0, 0.05) is 12.2 Å². The zero-order valence-electron chi connectivity index (χ0n) is 10.1. The lowest BCUT2D eigenvalue weighted by Crippen LogP contribution is -2.11. The predicted molar refractivity (Wildman–Crippen MR) is 63.1 cm³/mol. The molecule has 0 aromatic carbocycles. The van der Waals surface area contributed by atoms with Crippen LogP contribution in [0.4, 0.5) is 0 Å². The van der Waals surface area contributed by atoms with E-state index in [0.717, 1.165) is 12.8 Å². The van der Waals surface area contributed by atoms with Crippen LogP contribution in [0.2, 0.25) is 0 Å². The molecule has 0 aliphatic heterocycles. The molecular weight excluding hydrogens is 204 g/mol. The minimum Gasteiger partial charge on any atom is -0.460 e. The number of ether oxygens (including phenoxy) is 2. The van der Waals surface area contributed by atoms with Crippen LogP contribution in [0.3, 0.4) is 0 Å². The molecule has 3 heteroatoms. The van der Waals surface area contributed by atoms with Crippen LogP contribution in [0.1, 0.15) is 33.1 Å². The van der Waals surface area contributed by atoms with Gasteiger partial charge in [0.15, 0.2) is 0 Å². The Morgan fingerprint density at radius 2 is 2.31 bits per heavy atom. The molecule has 0 unspecified atom stereocenters. The maximum atomic E-state index is 11.5. The topological polar surface area (TPSA) is 35.5 Å². The van der Waals surface area contributed by atoms with E-state index in [1.54, 1.807) is 6.92 Å². The van der Waals surface area contributed by atoms with Gasteiger partial charge in [-0.15, -0.1) is 0 Å². The zero-order chi connectivity index (χ0) is 11.8. The Balaban J connectivity index is 2.29.